The first-order valence-corrected chi connectivity index (χ1v) is 8.55. The van der Waals surface area contributed by atoms with Crippen molar-refractivity contribution in [3.05, 3.63) is 29.8 Å². The van der Waals surface area contributed by atoms with E-state index in [1.165, 1.54) is 0 Å². The van der Waals surface area contributed by atoms with Crippen LogP contribution >= 0.6 is 0 Å². The molecule has 1 aliphatic rings. The predicted molar refractivity (Wildman–Crippen MR) is 79.5 cm³/mol. The molecule has 0 amide bonds. The molecule has 0 bridgehead atoms. The van der Waals surface area contributed by atoms with Crippen LogP contribution in [0.5, 0.6) is 0 Å². The van der Waals surface area contributed by atoms with Gasteiger partial charge in [0.15, 0.2) is 9.84 Å². The fraction of sp³-hybridized carbons (Fsp3) is 0.500. The number of nitrogens with zero attached hydrogens (tertiary/aromatic N) is 1. The smallest absolute Gasteiger partial charge is 0.338 e. The van der Waals surface area contributed by atoms with Crippen molar-refractivity contribution >= 4 is 21.5 Å². The highest BCUT2D eigenvalue weighted by Crippen LogP contribution is 2.18. The fourth-order valence-electron chi connectivity index (χ4n) is 2.08. The van der Waals surface area contributed by atoms with Crippen LogP contribution in [0, 0.1) is 0 Å². The maximum atomic E-state index is 11.7. The number of sulfone groups is 1. The van der Waals surface area contributed by atoms with Crippen LogP contribution in [0.3, 0.4) is 0 Å². The van der Waals surface area contributed by atoms with E-state index in [1.54, 1.807) is 19.2 Å². The van der Waals surface area contributed by atoms with Crippen molar-refractivity contribution < 1.29 is 22.7 Å². The van der Waals surface area contributed by atoms with Gasteiger partial charge in [-0.3, -0.25) is 0 Å². The Morgan fingerprint density at radius 2 is 1.76 bits per heavy atom. The number of methoxy groups -OCH3 is 1. The van der Waals surface area contributed by atoms with E-state index in [0.29, 0.717) is 25.3 Å². The van der Waals surface area contributed by atoms with Crippen molar-refractivity contribution in [3.8, 4) is 0 Å². The molecule has 0 radical (unpaired) electrons. The number of carbonyl (C=O) groups is 1. The van der Waals surface area contributed by atoms with Gasteiger partial charge in [-0.2, -0.15) is 0 Å². The Bertz CT molecular complexity index is 568. The van der Waals surface area contributed by atoms with E-state index in [0.717, 1.165) is 5.69 Å². The van der Waals surface area contributed by atoms with Gasteiger partial charge in [0.05, 0.1) is 23.7 Å². The van der Waals surface area contributed by atoms with Gasteiger partial charge < -0.3 is 14.4 Å². The van der Waals surface area contributed by atoms with Gasteiger partial charge in [0, 0.05) is 25.9 Å². The Morgan fingerprint density at radius 3 is 2.33 bits per heavy atom. The second-order valence-corrected chi connectivity index (χ2v) is 7.12. The molecule has 0 atom stereocenters. The zero-order valence-electron chi connectivity index (χ0n) is 11.9. The van der Waals surface area contributed by atoms with Gasteiger partial charge in [-0.1, -0.05) is 0 Å². The van der Waals surface area contributed by atoms with Crippen molar-refractivity contribution in [3.63, 3.8) is 0 Å². The lowest BCUT2D eigenvalue weighted by atomic mass is 10.2. The number of ether oxygens (including phenoxy) is 2. The van der Waals surface area contributed by atoms with Crippen molar-refractivity contribution in [2.24, 2.45) is 0 Å². The van der Waals surface area contributed by atoms with Crippen molar-refractivity contribution in [1.82, 2.24) is 0 Å². The summed E-state index contributed by atoms with van der Waals surface area (Å²) in [6.45, 7) is 1.56. The monoisotopic (exact) mass is 313 g/mol. The Kier molecular flexibility index (Phi) is 5.19. The summed E-state index contributed by atoms with van der Waals surface area (Å²) in [5.74, 6) is -0.0402. The second kappa shape index (κ2) is 6.91. The molecule has 1 aromatic rings. The fourth-order valence-corrected chi connectivity index (χ4v) is 3.28. The summed E-state index contributed by atoms with van der Waals surface area (Å²) >= 11 is 0. The van der Waals surface area contributed by atoms with Crippen LogP contribution < -0.4 is 4.90 Å². The molecule has 1 aromatic carbocycles. The summed E-state index contributed by atoms with van der Waals surface area (Å²) < 4.78 is 32.6. The van der Waals surface area contributed by atoms with Gasteiger partial charge in [-0.15, -0.1) is 0 Å². The van der Waals surface area contributed by atoms with Crippen molar-refractivity contribution in [2.45, 2.75) is 0 Å². The van der Waals surface area contributed by atoms with Gasteiger partial charge in [0.25, 0.3) is 0 Å². The molecule has 0 N–H and O–H groups in total. The summed E-state index contributed by atoms with van der Waals surface area (Å²) in [6, 6.07) is 7.00. The first-order chi connectivity index (χ1) is 10.0. The molecule has 0 aromatic heterocycles. The number of hydrogen-bond donors (Lipinski definition) is 0. The zero-order valence-corrected chi connectivity index (χ0v) is 12.8. The Hall–Kier alpha value is -1.60. The topological polar surface area (TPSA) is 72.9 Å². The number of esters is 1. The van der Waals surface area contributed by atoms with E-state index in [9.17, 15) is 13.2 Å². The van der Waals surface area contributed by atoms with Crippen LogP contribution in [0.1, 0.15) is 10.4 Å². The average Bonchev–Trinajstić information content (AvgIpc) is 2.48. The Labute approximate surface area is 124 Å². The van der Waals surface area contributed by atoms with E-state index in [-0.39, 0.29) is 24.1 Å². The number of benzene rings is 1. The molecule has 0 spiro atoms. The first kappa shape index (κ1) is 15.8. The lowest BCUT2D eigenvalue weighted by Gasteiger charge is -2.28. The third-order valence-electron chi connectivity index (χ3n) is 3.33. The normalized spacial score (nSPS) is 17.5. The lowest BCUT2D eigenvalue weighted by Crippen LogP contribution is -2.40. The van der Waals surface area contributed by atoms with Crippen LogP contribution in [0.15, 0.2) is 24.3 Å². The van der Waals surface area contributed by atoms with Crippen LogP contribution in [0.25, 0.3) is 0 Å². The molecule has 1 saturated heterocycles. The maximum Gasteiger partial charge on any atom is 0.338 e. The molecule has 0 unspecified atom stereocenters. The molecule has 116 valence electrons. The van der Waals surface area contributed by atoms with E-state index in [4.69, 9.17) is 9.47 Å². The Morgan fingerprint density at radius 1 is 1.14 bits per heavy atom. The third kappa shape index (κ3) is 4.44. The van der Waals surface area contributed by atoms with Crippen LogP contribution in [-0.4, -0.2) is 59.3 Å². The molecule has 0 aliphatic carbocycles. The van der Waals surface area contributed by atoms with Gasteiger partial charge in [0.1, 0.15) is 6.61 Å². The molecule has 6 nitrogen and oxygen atoms in total. The molecule has 1 aliphatic heterocycles. The second-order valence-electron chi connectivity index (χ2n) is 4.81. The third-order valence-corrected chi connectivity index (χ3v) is 4.94. The highest BCUT2D eigenvalue weighted by atomic mass is 32.2. The van der Waals surface area contributed by atoms with Crippen LogP contribution in [-0.2, 0) is 19.3 Å². The Balaban J connectivity index is 1.94. The van der Waals surface area contributed by atoms with Crippen LogP contribution in [0.4, 0.5) is 5.69 Å². The SMILES string of the molecule is COCCOC(=O)c1ccc(N2CCS(=O)(=O)CC2)cc1. The predicted octanol–water partition coefficient (Wildman–Crippen LogP) is 0.725. The largest absolute Gasteiger partial charge is 0.460 e. The van der Waals surface area contributed by atoms with E-state index in [2.05, 4.69) is 0 Å². The quantitative estimate of drug-likeness (QED) is 0.589. The highest BCUT2D eigenvalue weighted by Gasteiger charge is 2.21. The van der Waals surface area contributed by atoms with Gasteiger partial charge in [0.2, 0.25) is 0 Å². The van der Waals surface area contributed by atoms with E-state index < -0.39 is 9.84 Å². The molecule has 0 saturated carbocycles. The van der Waals surface area contributed by atoms with E-state index >= 15 is 0 Å². The zero-order chi connectivity index (χ0) is 15.3. The summed E-state index contributed by atoms with van der Waals surface area (Å²) in [5.41, 5.74) is 1.39. The molecule has 21 heavy (non-hydrogen) atoms. The minimum Gasteiger partial charge on any atom is -0.460 e. The summed E-state index contributed by atoms with van der Waals surface area (Å²) in [4.78, 5) is 13.7. The minimum atomic E-state index is -2.89. The average molecular weight is 313 g/mol. The molecular formula is C14H19NO5S. The van der Waals surface area contributed by atoms with Crippen molar-refractivity contribution in [1.29, 1.82) is 0 Å². The molecule has 1 heterocycles. The summed E-state index contributed by atoms with van der Waals surface area (Å²) in [7, 11) is -1.34. The summed E-state index contributed by atoms with van der Waals surface area (Å²) in [6.07, 6.45) is 0. The molecular weight excluding hydrogens is 294 g/mol. The van der Waals surface area contributed by atoms with Crippen molar-refractivity contribution in [2.75, 3.05) is 49.8 Å². The number of hydrogen-bond acceptors (Lipinski definition) is 6. The van der Waals surface area contributed by atoms with Crippen LogP contribution in [0.2, 0.25) is 0 Å². The number of carbonyl (C=O) groups excluding carboxylic acids is 1. The van der Waals surface area contributed by atoms with Gasteiger partial charge in [-0.25, -0.2) is 13.2 Å². The lowest BCUT2D eigenvalue weighted by molar-refractivity contribution is 0.0388. The first-order valence-electron chi connectivity index (χ1n) is 6.73. The van der Waals surface area contributed by atoms with Gasteiger partial charge in [-0.05, 0) is 24.3 Å². The molecule has 1 fully saturated rings. The van der Waals surface area contributed by atoms with E-state index in [1.807, 2.05) is 17.0 Å². The summed E-state index contributed by atoms with van der Waals surface area (Å²) in [5, 5.41) is 0. The number of anilines is 1. The van der Waals surface area contributed by atoms with Gasteiger partial charge >= 0.3 is 5.97 Å². The minimum absolute atomic E-state index is 0.174. The molecule has 7 heteroatoms. The standard InChI is InChI=1S/C14H19NO5S/c1-19-8-9-20-14(16)12-2-4-13(5-3-12)15-6-10-21(17,18)11-7-15/h2-5H,6-11H2,1H3. The molecule has 2 rings (SSSR count). The maximum absolute atomic E-state index is 11.7. The highest BCUT2D eigenvalue weighted by molar-refractivity contribution is 7.91. The number of rotatable bonds is 5.